The van der Waals surface area contributed by atoms with E-state index in [0.29, 0.717) is 12.3 Å². The van der Waals surface area contributed by atoms with Gasteiger partial charge in [0, 0.05) is 6.42 Å². The summed E-state index contributed by atoms with van der Waals surface area (Å²) >= 11 is 0. The first-order chi connectivity index (χ1) is 11.1. The number of hydrogen-bond acceptors (Lipinski definition) is 4. The van der Waals surface area contributed by atoms with E-state index < -0.39 is 17.8 Å². The first-order valence-corrected chi connectivity index (χ1v) is 9.49. The number of aliphatic hydroxyl groups is 2. The number of rotatable bonds is 5. The standard InChI is InChI=1S/C19H35NO4/c1-12(2)14(21)11-15(22)17-16(13-9-7-6-8-10-13)20(17)18(23)24-19(3,4)5/h12-17,21-22H,6-11H2,1-5H3/t14-,15-,16-,17-,20?/m1/s1. The van der Waals surface area contributed by atoms with Gasteiger partial charge in [-0.05, 0) is 45.4 Å². The zero-order chi connectivity index (χ0) is 18.1. The van der Waals surface area contributed by atoms with Crippen molar-refractivity contribution in [2.24, 2.45) is 11.8 Å². The van der Waals surface area contributed by atoms with Crippen LogP contribution in [0, 0.1) is 11.8 Å². The van der Waals surface area contributed by atoms with Gasteiger partial charge in [-0.1, -0.05) is 33.1 Å². The van der Waals surface area contributed by atoms with Crippen LogP contribution >= 0.6 is 0 Å². The molecular formula is C19H35NO4. The molecule has 1 amide bonds. The Hall–Kier alpha value is -0.810. The van der Waals surface area contributed by atoms with Gasteiger partial charge in [-0.3, -0.25) is 4.90 Å². The molecule has 0 aromatic carbocycles. The molecule has 2 aliphatic rings. The van der Waals surface area contributed by atoms with E-state index in [1.807, 2.05) is 34.6 Å². The third-order valence-electron chi connectivity index (χ3n) is 5.29. The summed E-state index contributed by atoms with van der Waals surface area (Å²) < 4.78 is 5.53. The molecule has 1 aliphatic carbocycles. The predicted octanol–water partition coefficient (Wildman–Crippen LogP) is 3.32. The van der Waals surface area contributed by atoms with Crippen molar-refractivity contribution in [3.63, 3.8) is 0 Å². The van der Waals surface area contributed by atoms with Crippen molar-refractivity contribution in [1.82, 2.24) is 4.90 Å². The van der Waals surface area contributed by atoms with E-state index in [0.717, 1.165) is 12.8 Å². The SMILES string of the molecule is CC(C)[C@H](O)C[C@@H](O)[C@@H]1[C@@H](C2CCCCC2)N1C(=O)OC(C)(C)C. The van der Waals surface area contributed by atoms with Crippen molar-refractivity contribution in [2.45, 2.75) is 103 Å². The number of carbonyl (C=O) groups is 1. The summed E-state index contributed by atoms with van der Waals surface area (Å²) in [7, 11) is 0. The highest BCUT2D eigenvalue weighted by Crippen LogP contribution is 2.44. The summed E-state index contributed by atoms with van der Waals surface area (Å²) in [6.45, 7) is 9.46. The fourth-order valence-corrected chi connectivity index (χ4v) is 3.88. The second-order valence-electron chi connectivity index (χ2n) is 8.88. The van der Waals surface area contributed by atoms with Crippen LogP contribution in [0.15, 0.2) is 0 Å². The van der Waals surface area contributed by atoms with Crippen molar-refractivity contribution < 1.29 is 19.7 Å². The molecule has 2 N–H and O–H groups in total. The van der Waals surface area contributed by atoms with E-state index in [-0.39, 0.29) is 24.1 Å². The van der Waals surface area contributed by atoms with E-state index in [2.05, 4.69) is 0 Å². The summed E-state index contributed by atoms with van der Waals surface area (Å²) in [6, 6.07) is -0.147. The number of ether oxygens (including phenoxy) is 1. The van der Waals surface area contributed by atoms with E-state index >= 15 is 0 Å². The summed E-state index contributed by atoms with van der Waals surface area (Å²) in [6.07, 6.45) is 4.61. The van der Waals surface area contributed by atoms with Crippen LogP contribution < -0.4 is 0 Å². The molecule has 0 radical (unpaired) electrons. The average Bonchev–Trinajstić information content (AvgIpc) is 3.22. The van der Waals surface area contributed by atoms with E-state index in [9.17, 15) is 15.0 Å². The molecule has 2 rings (SSSR count). The van der Waals surface area contributed by atoms with Crippen LogP contribution in [0.1, 0.15) is 73.1 Å². The molecule has 24 heavy (non-hydrogen) atoms. The first-order valence-electron chi connectivity index (χ1n) is 9.49. The largest absolute Gasteiger partial charge is 0.444 e. The van der Waals surface area contributed by atoms with Gasteiger partial charge in [0.05, 0.1) is 24.3 Å². The summed E-state index contributed by atoms with van der Waals surface area (Å²) in [4.78, 5) is 14.3. The number of nitrogens with zero attached hydrogens (tertiary/aromatic N) is 1. The van der Waals surface area contributed by atoms with Crippen molar-refractivity contribution in [1.29, 1.82) is 0 Å². The number of hydrogen-bond donors (Lipinski definition) is 2. The maximum atomic E-state index is 12.5. The van der Waals surface area contributed by atoms with Gasteiger partial charge in [0.1, 0.15) is 5.60 Å². The molecule has 5 nitrogen and oxygen atoms in total. The third-order valence-corrected chi connectivity index (χ3v) is 5.29. The summed E-state index contributed by atoms with van der Waals surface area (Å²) in [5, 5.41) is 20.7. The molecule has 0 aromatic rings. The van der Waals surface area contributed by atoms with Gasteiger partial charge in [-0.15, -0.1) is 0 Å². The number of aliphatic hydroxyl groups excluding tert-OH is 2. The Labute approximate surface area is 146 Å². The maximum Gasteiger partial charge on any atom is 0.411 e. The third kappa shape index (κ3) is 4.85. The summed E-state index contributed by atoms with van der Waals surface area (Å²) in [5.74, 6) is 0.545. The number of carbonyl (C=O) groups excluding carboxylic acids is 1. The van der Waals surface area contributed by atoms with Crippen molar-refractivity contribution >= 4 is 6.09 Å². The molecule has 0 bridgehead atoms. The molecule has 140 valence electrons. The minimum Gasteiger partial charge on any atom is -0.444 e. The second-order valence-corrected chi connectivity index (χ2v) is 8.88. The smallest absolute Gasteiger partial charge is 0.411 e. The normalized spacial score (nSPS) is 27.9. The Morgan fingerprint density at radius 3 is 2.25 bits per heavy atom. The lowest BCUT2D eigenvalue weighted by atomic mass is 9.84. The van der Waals surface area contributed by atoms with Gasteiger partial charge in [0.25, 0.3) is 0 Å². The minimum absolute atomic E-state index is 0.0644. The molecule has 1 aliphatic heterocycles. The molecule has 0 aromatic heterocycles. The average molecular weight is 341 g/mol. The molecule has 2 fully saturated rings. The van der Waals surface area contributed by atoms with Crippen LogP contribution in [0.25, 0.3) is 0 Å². The quantitative estimate of drug-likeness (QED) is 0.753. The molecule has 0 unspecified atom stereocenters. The van der Waals surface area contributed by atoms with Gasteiger partial charge in [-0.25, -0.2) is 4.79 Å². The Morgan fingerprint density at radius 1 is 1.17 bits per heavy atom. The van der Waals surface area contributed by atoms with E-state index in [1.54, 1.807) is 4.90 Å². The highest BCUT2D eigenvalue weighted by Gasteiger charge is 2.59. The summed E-state index contributed by atoms with van der Waals surface area (Å²) in [5.41, 5.74) is -0.538. The fourth-order valence-electron chi connectivity index (χ4n) is 3.88. The zero-order valence-electron chi connectivity index (χ0n) is 15.9. The monoisotopic (exact) mass is 341 g/mol. The fraction of sp³-hybridized carbons (Fsp3) is 0.947. The molecule has 1 saturated carbocycles. The first kappa shape index (κ1) is 19.5. The van der Waals surface area contributed by atoms with Crippen LogP contribution in [-0.2, 0) is 4.74 Å². The second kappa shape index (κ2) is 7.61. The maximum absolute atomic E-state index is 12.5. The lowest BCUT2D eigenvalue weighted by molar-refractivity contribution is 0.0264. The highest BCUT2D eigenvalue weighted by molar-refractivity contribution is 5.73. The Bertz CT molecular complexity index is 426. The lowest BCUT2D eigenvalue weighted by Gasteiger charge is -2.23. The van der Waals surface area contributed by atoms with Gasteiger partial charge in [-0.2, -0.15) is 0 Å². The minimum atomic E-state index is -0.693. The lowest BCUT2D eigenvalue weighted by Crippen LogP contribution is -2.32. The molecule has 1 saturated heterocycles. The molecule has 0 spiro atoms. The predicted molar refractivity (Wildman–Crippen MR) is 93.7 cm³/mol. The van der Waals surface area contributed by atoms with Crippen LogP contribution in [0.5, 0.6) is 0 Å². The Kier molecular flexibility index (Phi) is 6.19. The van der Waals surface area contributed by atoms with Gasteiger partial charge >= 0.3 is 6.09 Å². The van der Waals surface area contributed by atoms with Crippen molar-refractivity contribution in [3.8, 4) is 0 Å². The van der Waals surface area contributed by atoms with Crippen LogP contribution in [0.3, 0.4) is 0 Å². The topological polar surface area (TPSA) is 69.8 Å². The van der Waals surface area contributed by atoms with Crippen molar-refractivity contribution in [2.75, 3.05) is 0 Å². The van der Waals surface area contributed by atoms with E-state index in [1.165, 1.54) is 19.3 Å². The van der Waals surface area contributed by atoms with Gasteiger partial charge in [0.15, 0.2) is 0 Å². The zero-order valence-corrected chi connectivity index (χ0v) is 15.9. The van der Waals surface area contributed by atoms with Crippen LogP contribution in [-0.4, -0.2) is 51.1 Å². The van der Waals surface area contributed by atoms with Crippen LogP contribution in [0.4, 0.5) is 4.79 Å². The molecular weight excluding hydrogens is 306 g/mol. The highest BCUT2D eigenvalue weighted by atomic mass is 16.6. The van der Waals surface area contributed by atoms with E-state index in [4.69, 9.17) is 4.74 Å². The van der Waals surface area contributed by atoms with Gasteiger partial charge in [0.2, 0.25) is 0 Å². The molecule has 1 heterocycles. The van der Waals surface area contributed by atoms with Gasteiger partial charge < -0.3 is 14.9 Å². The number of amides is 1. The Balaban J connectivity index is 2.05. The molecule has 5 heteroatoms. The van der Waals surface area contributed by atoms with Crippen molar-refractivity contribution in [3.05, 3.63) is 0 Å². The molecule has 4 atom stereocenters. The van der Waals surface area contributed by atoms with Crippen LogP contribution in [0.2, 0.25) is 0 Å². The Morgan fingerprint density at radius 2 is 1.75 bits per heavy atom.